The topological polar surface area (TPSA) is 67.2 Å². The highest BCUT2D eigenvalue weighted by Gasteiger charge is 2.26. The molecule has 16 heavy (non-hydrogen) atoms. The van der Waals surface area contributed by atoms with Crippen molar-refractivity contribution >= 4 is 5.97 Å². The number of aromatic nitrogens is 2. The molecule has 88 valence electrons. The Morgan fingerprint density at radius 2 is 2.50 bits per heavy atom. The van der Waals surface area contributed by atoms with Gasteiger partial charge in [-0.1, -0.05) is 13.8 Å². The summed E-state index contributed by atoms with van der Waals surface area (Å²) < 4.78 is 2.12. The van der Waals surface area contributed by atoms with Crippen molar-refractivity contribution in [2.75, 3.05) is 0 Å². The minimum atomic E-state index is -0.802. The van der Waals surface area contributed by atoms with Crippen LogP contribution in [0.3, 0.4) is 0 Å². The fourth-order valence-corrected chi connectivity index (χ4v) is 2.03. The Morgan fingerprint density at radius 1 is 1.75 bits per heavy atom. The average molecular weight is 223 g/mol. The second-order valence-corrected chi connectivity index (χ2v) is 4.66. The van der Waals surface area contributed by atoms with Crippen LogP contribution in [0.25, 0.3) is 0 Å². The van der Waals surface area contributed by atoms with E-state index < -0.39 is 12.0 Å². The third-order valence-electron chi connectivity index (χ3n) is 2.81. The molecule has 2 N–H and O–H groups in total. The normalized spacial score (nSPS) is 19.8. The van der Waals surface area contributed by atoms with Crippen LogP contribution < -0.4 is 5.32 Å². The molecule has 0 aromatic carbocycles. The minimum absolute atomic E-state index is 0.482. The summed E-state index contributed by atoms with van der Waals surface area (Å²) in [4.78, 5) is 15.2. The Hall–Kier alpha value is -1.36. The second kappa shape index (κ2) is 4.25. The first-order valence-electron chi connectivity index (χ1n) is 5.57. The Bertz CT molecular complexity index is 398. The van der Waals surface area contributed by atoms with Gasteiger partial charge in [0, 0.05) is 19.5 Å². The summed E-state index contributed by atoms with van der Waals surface area (Å²) in [5.74, 6) is -0.237. The van der Waals surface area contributed by atoms with Crippen molar-refractivity contribution in [2.24, 2.45) is 5.92 Å². The molecule has 0 bridgehead atoms. The van der Waals surface area contributed by atoms with Crippen LogP contribution in [0.1, 0.15) is 25.2 Å². The minimum Gasteiger partial charge on any atom is -0.480 e. The van der Waals surface area contributed by atoms with E-state index >= 15 is 0 Å². The number of nitrogens with one attached hydrogen (secondary N) is 1. The molecule has 0 aliphatic carbocycles. The number of carbonyl (C=O) groups is 1. The molecular weight excluding hydrogens is 206 g/mol. The first kappa shape index (κ1) is 11.1. The molecule has 0 radical (unpaired) electrons. The van der Waals surface area contributed by atoms with Gasteiger partial charge in [0.15, 0.2) is 0 Å². The van der Waals surface area contributed by atoms with E-state index in [9.17, 15) is 4.79 Å². The molecule has 1 unspecified atom stereocenters. The van der Waals surface area contributed by atoms with E-state index in [1.807, 2.05) is 6.33 Å². The van der Waals surface area contributed by atoms with Gasteiger partial charge >= 0.3 is 5.97 Å². The monoisotopic (exact) mass is 223 g/mol. The lowest BCUT2D eigenvalue weighted by atomic mass is 10.1. The van der Waals surface area contributed by atoms with E-state index in [0.29, 0.717) is 18.9 Å². The fraction of sp³-hybridized carbons (Fsp3) is 0.636. The number of hydrogen-bond acceptors (Lipinski definition) is 3. The molecule has 5 nitrogen and oxygen atoms in total. The number of aliphatic carboxylic acids is 1. The molecule has 0 fully saturated rings. The smallest absolute Gasteiger partial charge is 0.321 e. The molecule has 0 saturated heterocycles. The summed E-state index contributed by atoms with van der Waals surface area (Å²) in [6.45, 7) is 5.84. The number of imidazole rings is 1. The molecule has 0 amide bonds. The number of rotatable bonds is 3. The van der Waals surface area contributed by atoms with Crippen molar-refractivity contribution in [2.45, 2.75) is 39.4 Å². The number of carboxylic acids is 1. The summed E-state index contributed by atoms with van der Waals surface area (Å²) in [6, 6.07) is -0.491. The second-order valence-electron chi connectivity index (χ2n) is 4.66. The lowest BCUT2D eigenvalue weighted by molar-refractivity contribution is -0.139. The zero-order valence-corrected chi connectivity index (χ0v) is 9.60. The molecule has 1 aliphatic heterocycles. The third kappa shape index (κ3) is 2.09. The molecule has 1 aromatic rings. The Kier molecular flexibility index (Phi) is 2.96. The van der Waals surface area contributed by atoms with Crippen LogP contribution in [-0.4, -0.2) is 26.7 Å². The molecule has 1 aliphatic rings. The molecule has 1 aromatic heterocycles. The molecule has 0 spiro atoms. The van der Waals surface area contributed by atoms with Crippen LogP contribution in [0.2, 0.25) is 0 Å². The van der Waals surface area contributed by atoms with Gasteiger partial charge in [-0.25, -0.2) is 4.98 Å². The van der Waals surface area contributed by atoms with Gasteiger partial charge in [-0.15, -0.1) is 0 Å². The Morgan fingerprint density at radius 3 is 3.12 bits per heavy atom. The van der Waals surface area contributed by atoms with Gasteiger partial charge in [-0.05, 0) is 5.92 Å². The third-order valence-corrected chi connectivity index (χ3v) is 2.81. The van der Waals surface area contributed by atoms with Crippen molar-refractivity contribution in [3.05, 3.63) is 17.7 Å². The van der Waals surface area contributed by atoms with Crippen LogP contribution in [0.5, 0.6) is 0 Å². The summed E-state index contributed by atoms with van der Waals surface area (Å²) >= 11 is 0. The predicted octanol–water partition coefficient (Wildman–Crippen LogP) is 0.638. The first-order chi connectivity index (χ1) is 7.58. The summed E-state index contributed by atoms with van der Waals surface area (Å²) in [5, 5.41) is 11.9. The highest BCUT2D eigenvalue weighted by molar-refractivity contribution is 5.74. The summed E-state index contributed by atoms with van der Waals surface area (Å²) in [6.07, 6.45) is 2.30. The van der Waals surface area contributed by atoms with Crippen molar-refractivity contribution in [3.8, 4) is 0 Å². The van der Waals surface area contributed by atoms with Crippen molar-refractivity contribution in [1.29, 1.82) is 0 Å². The maximum absolute atomic E-state index is 10.9. The van der Waals surface area contributed by atoms with Crippen molar-refractivity contribution in [1.82, 2.24) is 14.9 Å². The highest BCUT2D eigenvalue weighted by atomic mass is 16.4. The average Bonchev–Trinajstić information content (AvgIpc) is 2.60. The van der Waals surface area contributed by atoms with Gasteiger partial charge in [0.2, 0.25) is 0 Å². The molecule has 1 atom stereocenters. The van der Waals surface area contributed by atoms with Gasteiger partial charge in [0.25, 0.3) is 0 Å². The van der Waals surface area contributed by atoms with E-state index in [2.05, 4.69) is 28.7 Å². The van der Waals surface area contributed by atoms with E-state index in [-0.39, 0.29) is 0 Å². The zero-order valence-electron chi connectivity index (χ0n) is 9.60. The number of hydrogen-bond donors (Lipinski definition) is 2. The summed E-state index contributed by atoms with van der Waals surface area (Å²) in [7, 11) is 0. The maximum atomic E-state index is 10.9. The highest BCUT2D eigenvalue weighted by Crippen LogP contribution is 2.16. The van der Waals surface area contributed by atoms with Crippen LogP contribution in [0.4, 0.5) is 0 Å². The maximum Gasteiger partial charge on any atom is 0.321 e. The standard InChI is InChI=1S/C11H17N3O2/c1-7(2)5-14-6-13-8-3-9(11(15)16)12-4-10(8)14/h6-7,9,12H,3-5H2,1-2H3,(H,15,16). The quantitative estimate of drug-likeness (QED) is 0.789. The number of fused-ring (bicyclic) bond motifs is 1. The van der Waals surface area contributed by atoms with Gasteiger partial charge < -0.3 is 9.67 Å². The lowest BCUT2D eigenvalue weighted by Crippen LogP contribution is -2.42. The molecule has 0 saturated carbocycles. The first-order valence-corrected chi connectivity index (χ1v) is 5.57. The number of carboxylic acid groups (broad SMARTS) is 1. The van der Waals surface area contributed by atoms with Gasteiger partial charge in [0.05, 0.1) is 17.7 Å². The van der Waals surface area contributed by atoms with E-state index in [1.54, 1.807) is 0 Å². The SMILES string of the molecule is CC(C)Cn1cnc2c1CNC(C(=O)O)C2. The van der Waals surface area contributed by atoms with Gasteiger partial charge in [-0.2, -0.15) is 0 Å². The van der Waals surface area contributed by atoms with Crippen LogP contribution in [0.15, 0.2) is 6.33 Å². The predicted molar refractivity (Wildman–Crippen MR) is 59.0 cm³/mol. The fourth-order valence-electron chi connectivity index (χ4n) is 2.03. The van der Waals surface area contributed by atoms with Crippen molar-refractivity contribution in [3.63, 3.8) is 0 Å². The van der Waals surface area contributed by atoms with E-state index in [4.69, 9.17) is 5.11 Å². The Balaban J connectivity index is 2.17. The molecule has 2 heterocycles. The largest absolute Gasteiger partial charge is 0.480 e. The molecule has 5 heteroatoms. The van der Waals surface area contributed by atoms with Gasteiger partial charge in [0.1, 0.15) is 6.04 Å². The van der Waals surface area contributed by atoms with Gasteiger partial charge in [-0.3, -0.25) is 10.1 Å². The number of nitrogens with zero attached hydrogens (tertiary/aromatic N) is 2. The van der Waals surface area contributed by atoms with E-state index in [0.717, 1.165) is 17.9 Å². The van der Waals surface area contributed by atoms with Crippen LogP contribution in [0, 0.1) is 5.92 Å². The molecular formula is C11H17N3O2. The van der Waals surface area contributed by atoms with Crippen molar-refractivity contribution < 1.29 is 9.90 Å². The van der Waals surface area contributed by atoms with Crippen LogP contribution in [-0.2, 0) is 24.3 Å². The molecule has 2 rings (SSSR count). The van der Waals surface area contributed by atoms with Crippen LogP contribution >= 0.6 is 0 Å². The Labute approximate surface area is 94.5 Å². The van der Waals surface area contributed by atoms with E-state index in [1.165, 1.54) is 0 Å². The summed E-state index contributed by atoms with van der Waals surface area (Å²) in [5.41, 5.74) is 2.05. The lowest BCUT2D eigenvalue weighted by Gasteiger charge is -2.21. The zero-order chi connectivity index (χ0) is 11.7.